The zero-order valence-corrected chi connectivity index (χ0v) is 11.5. The van der Waals surface area contributed by atoms with Crippen molar-refractivity contribution in [1.29, 1.82) is 0 Å². The Hall–Kier alpha value is -1.80. The number of ether oxygens (including phenoxy) is 1. The number of hydrogen-bond donors (Lipinski definition) is 1. The van der Waals surface area contributed by atoms with Crippen molar-refractivity contribution in [2.45, 2.75) is 25.9 Å². The van der Waals surface area contributed by atoms with E-state index < -0.39 is 6.10 Å². The third-order valence-electron chi connectivity index (χ3n) is 3.43. The van der Waals surface area contributed by atoms with Crippen LogP contribution in [0.5, 0.6) is 5.75 Å². The van der Waals surface area contributed by atoms with Crippen LogP contribution in [0.1, 0.15) is 29.2 Å². The molecule has 0 heterocycles. The van der Waals surface area contributed by atoms with Gasteiger partial charge in [0, 0.05) is 0 Å². The summed E-state index contributed by atoms with van der Waals surface area (Å²) in [4.78, 5) is 0. The van der Waals surface area contributed by atoms with Crippen LogP contribution in [0, 0.1) is 6.92 Å². The topological polar surface area (TPSA) is 29.5 Å². The van der Waals surface area contributed by atoms with Crippen molar-refractivity contribution in [3.05, 3.63) is 65.2 Å². The zero-order valence-electron chi connectivity index (χ0n) is 11.5. The van der Waals surface area contributed by atoms with Gasteiger partial charge in [-0.05, 0) is 48.6 Å². The van der Waals surface area contributed by atoms with Gasteiger partial charge in [-0.2, -0.15) is 0 Å². The van der Waals surface area contributed by atoms with Crippen LogP contribution in [-0.2, 0) is 6.42 Å². The van der Waals surface area contributed by atoms with E-state index in [0.29, 0.717) is 0 Å². The number of methoxy groups -OCH3 is 1. The molecular weight excluding hydrogens is 236 g/mol. The van der Waals surface area contributed by atoms with Crippen molar-refractivity contribution in [1.82, 2.24) is 0 Å². The van der Waals surface area contributed by atoms with Gasteiger partial charge in [0.05, 0.1) is 13.2 Å². The lowest BCUT2D eigenvalue weighted by Crippen LogP contribution is -2.01. The van der Waals surface area contributed by atoms with Gasteiger partial charge in [-0.25, -0.2) is 0 Å². The highest BCUT2D eigenvalue weighted by molar-refractivity contribution is 5.30. The maximum Gasteiger partial charge on any atom is 0.119 e. The SMILES string of the molecule is COc1cccc(C(O)CCc2ccccc2C)c1. The molecule has 0 aliphatic carbocycles. The maximum absolute atomic E-state index is 10.2. The predicted molar refractivity (Wildman–Crippen MR) is 77.5 cm³/mol. The number of aliphatic hydroxyl groups excluding tert-OH is 1. The lowest BCUT2D eigenvalue weighted by atomic mass is 9.98. The molecule has 2 aromatic rings. The van der Waals surface area contributed by atoms with E-state index in [-0.39, 0.29) is 0 Å². The molecule has 2 aromatic carbocycles. The number of rotatable bonds is 5. The van der Waals surface area contributed by atoms with E-state index >= 15 is 0 Å². The minimum Gasteiger partial charge on any atom is -0.497 e. The van der Waals surface area contributed by atoms with E-state index in [4.69, 9.17) is 4.74 Å². The average molecular weight is 256 g/mol. The number of hydrogen-bond acceptors (Lipinski definition) is 2. The second-order valence-corrected chi connectivity index (χ2v) is 4.76. The van der Waals surface area contributed by atoms with Crippen LogP contribution in [0.2, 0.25) is 0 Å². The first kappa shape index (κ1) is 13.6. The second-order valence-electron chi connectivity index (χ2n) is 4.76. The standard InChI is InChI=1S/C17H20O2/c1-13-6-3-4-7-14(13)10-11-17(18)15-8-5-9-16(12-15)19-2/h3-9,12,17-18H,10-11H2,1-2H3. The Morgan fingerprint density at radius 1 is 1.11 bits per heavy atom. The molecular formula is C17H20O2. The Morgan fingerprint density at radius 2 is 1.89 bits per heavy atom. The van der Waals surface area contributed by atoms with Crippen molar-refractivity contribution in [3.63, 3.8) is 0 Å². The third-order valence-corrected chi connectivity index (χ3v) is 3.43. The zero-order chi connectivity index (χ0) is 13.7. The van der Waals surface area contributed by atoms with Crippen LogP contribution in [0.25, 0.3) is 0 Å². The fraction of sp³-hybridized carbons (Fsp3) is 0.294. The van der Waals surface area contributed by atoms with Gasteiger partial charge in [0.15, 0.2) is 0 Å². The minimum absolute atomic E-state index is 0.449. The van der Waals surface area contributed by atoms with E-state index in [2.05, 4.69) is 19.1 Å². The Morgan fingerprint density at radius 3 is 2.63 bits per heavy atom. The van der Waals surface area contributed by atoms with Crippen molar-refractivity contribution in [3.8, 4) is 5.75 Å². The summed E-state index contributed by atoms with van der Waals surface area (Å²) in [6.45, 7) is 2.10. The molecule has 0 amide bonds. The van der Waals surface area contributed by atoms with Gasteiger partial charge >= 0.3 is 0 Å². The van der Waals surface area contributed by atoms with Crippen LogP contribution in [-0.4, -0.2) is 12.2 Å². The van der Waals surface area contributed by atoms with Gasteiger partial charge in [-0.1, -0.05) is 36.4 Å². The lowest BCUT2D eigenvalue weighted by Gasteiger charge is -2.13. The maximum atomic E-state index is 10.2. The molecule has 0 aliphatic rings. The first-order valence-corrected chi connectivity index (χ1v) is 6.57. The molecule has 0 radical (unpaired) electrons. The highest BCUT2D eigenvalue weighted by Gasteiger charge is 2.09. The molecule has 0 saturated carbocycles. The van der Waals surface area contributed by atoms with Gasteiger partial charge in [-0.3, -0.25) is 0 Å². The largest absolute Gasteiger partial charge is 0.497 e. The predicted octanol–water partition coefficient (Wildman–Crippen LogP) is 3.67. The molecule has 0 bridgehead atoms. The van der Waals surface area contributed by atoms with E-state index in [1.807, 2.05) is 36.4 Å². The molecule has 0 fully saturated rings. The molecule has 100 valence electrons. The monoisotopic (exact) mass is 256 g/mol. The number of aliphatic hydroxyl groups is 1. The third kappa shape index (κ3) is 3.58. The summed E-state index contributed by atoms with van der Waals surface area (Å²) in [7, 11) is 1.64. The Kier molecular flexibility index (Phi) is 4.58. The Labute approximate surface area is 114 Å². The molecule has 2 heteroatoms. The molecule has 2 rings (SSSR count). The quantitative estimate of drug-likeness (QED) is 0.884. The summed E-state index contributed by atoms with van der Waals surface area (Å²) >= 11 is 0. The fourth-order valence-corrected chi connectivity index (χ4v) is 2.20. The van der Waals surface area contributed by atoms with Crippen LogP contribution < -0.4 is 4.74 Å². The van der Waals surface area contributed by atoms with Crippen molar-refractivity contribution >= 4 is 0 Å². The first-order chi connectivity index (χ1) is 9.20. The number of benzene rings is 2. The van der Waals surface area contributed by atoms with Crippen LogP contribution in [0.3, 0.4) is 0 Å². The van der Waals surface area contributed by atoms with Crippen LogP contribution in [0.15, 0.2) is 48.5 Å². The first-order valence-electron chi connectivity index (χ1n) is 6.57. The van der Waals surface area contributed by atoms with Crippen molar-refractivity contribution < 1.29 is 9.84 Å². The number of aryl methyl sites for hydroxylation is 2. The van der Waals surface area contributed by atoms with Crippen molar-refractivity contribution in [2.75, 3.05) is 7.11 Å². The molecule has 2 nitrogen and oxygen atoms in total. The molecule has 0 spiro atoms. The van der Waals surface area contributed by atoms with E-state index in [9.17, 15) is 5.11 Å². The van der Waals surface area contributed by atoms with Gasteiger partial charge in [0.25, 0.3) is 0 Å². The molecule has 1 atom stereocenters. The summed E-state index contributed by atoms with van der Waals surface area (Å²) in [5.74, 6) is 0.785. The summed E-state index contributed by atoms with van der Waals surface area (Å²) < 4.78 is 5.18. The summed E-state index contributed by atoms with van der Waals surface area (Å²) in [5.41, 5.74) is 3.48. The molecule has 1 unspecified atom stereocenters. The summed E-state index contributed by atoms with van der Waals surface area (Å²) in [6, 6.07) is 15.9. The summed E-state index contributed by atoms with van der Waals surface area (Å²) in [6.07, 6.45) is 1.15. The van der Waals surface area contributed by atoms with E-state index in [1.54, 1.807) is 7.11 Å². The lowest BCUT2D eigenvalue weighted by molar-refractivity contribution is 0.167. The molecule has 1 N–H and O–H groups in total. The van der Waals surface area contributed by atoms with Crippen molar-refractivity contribution in [2.24, 2.45) is 0 Å². The summed E-state index contributed by atoms with van der Waals surface area (Å²) in [5, 5.41) is 10.2. The second kappa shape index (κ2) is 6.39. The minimum atomic E-state index is -0.449. The smallest absolute Gasteiger partial charge is 0.119 e. The Balaban J connectivity index is 2.01. The highest BCUT2D eigenvalue weighted by atomic mass is 16.5. The van der Waals surface area contributed by atoms with Gasteiger partial charge in [-0.15, -0.1) is 0 Å². The normalized spacial score (nSPS) is 12.2. The van der Waals surface area contributed by atoms with Crippen LogP contribution >= 0.6 is 0 Å². The van der Waals surface area contributed by atoms with Gasteiger partial charge in [0.1, 0.15) is 5.75 Å². The van der Waals surface area contributed by atoms with E-state index in [1.165, 1.54) is 11.1 Å². The molecule has 0 aromatic heterocycles. The molecule has 0 saturated heterocycles. The van der Waals surface area contributed by atoms with E-state index in [0.717, 1.165) is 24.2 Å². The van der Waals surface area contributed by atoms with Gasteiger partial charge < -0.3 is 9.84 Å². The van der Waals surface area contributed by atoms with Gasteiger partial charge in [0.2, 0.25) is 0 Å². The Bertz CT molecular complexity index is 534. The average Bonchev–Trinajstić information content (AvgIpc) is 2.46. The fourth-order valence-electron chi connectivity index (χ4n) is 2.20. The molecule has 0 aliphatic heterocycles. The van der Waals surface area contributed by atoms with Crippen LogP contribution in [0.4, 0.5) is 0 Å². The highest BCUT2D eigenvalue weighted by Crippen LogP contribution is 2.23. The molecule has 19 heavy (non-hydrogen) atoms.